The smallest absolute Gasteiger partial charge is 0.354 e. The number of esters is 1. The van der Waals surface area contributed by atoms with E-state index in [0.29, 0.717) is 24.4 Å². The van der Waals surface area contributed by atoms with Crippen LogP contribution in [-0.4, -0.2) is 22.1 Å². The number of fused-ring (bicyclic) bond motifs is 3. The zero-order chi connectivity index (χ0) is 22.9. The average Bonchev–Trinajstić information content (AvgIpc) is 3.20. The number of hydrogen-bond acceptors (Lipinski definition) is 3. The molecule has 0 bridgehead atoms. The summed E-state index contributed by atoms with van der Waals surface area (Å²) in [6, 6.07) is 21.9. The first-order valence-corrected chi connectivity index (χ1v) is 12.1. The van der Waals surface area contributed by atoms with Gasteiger partial charge in [-0.05, 0) is 88.9 Å². The van der Waals surface area contributed by atoms with E-state index in [1.807, 2.05) is 54.0 Å². The molecule has 1 aliphatic carbocycles. The molecule has 33 heavy (non-hydrogen) atoms. The van der Waals surface area contributed by atoms with E-state index in [9.17, 15) is 9.59 Å². The van der Waals surface area contributed by atoms with Crippen molar-refractivity contribution in [1.29, 1.82) is 0 Å². The molecule has 166 valence electrons. The summed E-state index contributed by atoms with van der Waals surface area (Å²) in [5.74, 6) is -0.345. The maximum Gasteiger partial charge on any atom is 0.354 e. The normalized spacial score (nSPS) is 12.2. The molecule has 1 N–H and O–H groups in total. The van der Waals surface area contributed by atoms with E-state index in [0.717, 1.165) is 50.1 Å². The van der Waals surface area contributed by atoms with Crippen LogP contribution in [-0.2, 0) is 24.1 Å². The van der Waals surface area contributed by atoms with E-state index >= 15 is 0 Å². The summed E-state index contributed by atoms with van der Waals surface area (Å²) in [4.78, 5) is 29.1. The third-order valence-corrected chi connectivity index (χ3v) is 6.74. The van der Waals surface area contributed by atoms with E-state index in [4.69, 9.17) is 4.74 Å². The Morgan fingerprint density at radius 1 is 1.03 bits per heavy atom. The first kappa shape index (κ1) is 21.7. The summed E-state index contributed by atoms with van der Waals surface area (Å²) >= 11 is 2.28. The van der Waals surface area contributed by atoms with Gasteiger partial charge in [0.1, 0.15) is 5.69 Å². The van der Waals surface area contributed by atoms with Gasteiger partial charge in [0, 0.05) is 15.7 Å². The van der Waals surface area contributed by atoms with Crippen LogP contribution in [0.4, 0.5) is 0 Å². The van der Waals surface area contributed by atoms with E-state index in [-0.39, 0.29) is 11.5 Å². The number of carbonyl (C=O) groups excluding carboxylic acids is 1. The van der Waals surface area contributed by atoms with Crippen molar-refractivity contribution in [1.82, 2.24) is 9.55 Å². The number of benzene rings is 2. The molecule has 0 fully saturated rings. The van der Waals surface area contributed by atoms with Crippen LogP contribution < -0.4 is 5.56 Å². The highest BCUT2D eigenvalue weighted by Crippen LogP contribution is 2.36. The first-order chi connectivity index (χ1) is 16.0. The fourth-order valence-electron chi connectivity index (χ4n) is 4.48. The molecule has 5 rings (SSSR count). The largest absolute Gasteiger partial charge is 0.461 e. The van der Waals surface area contributed by atoms with Crippen LogP contribution in [0.3, 0.4) is 0 Å². The van der Waals surface area contributed by atoms with Crippen molar-refractivity contribution in [2.45, 2.75) is 26.3 Å². The van der Waals surface area contributed by atoms with Crippen LogP contribution in [0.1, 0.15) is 34.1 Å². The molecule has 0 aliphatic heterocycles. The zero-order valence-corrected chi connectivity index (χ0v) is 20.4. The summed E-state index contributed by atoms with van der Waals surface area (Å²) < 4.78 is 8.50. The Morgan fingerprint density at radius 2 is 1.76 bits per heavy atom. The van der Waals surface area contributed by atoms with Gasteiger partial charge >= 0.3 is 5.97 Å². The predicted octanol–water partition coefficient (Wildman–Crippen LogP) is 5.44. The highest BCUT2D eigenvalue weighted by atomic mass is 127. The van der Waals surface area contributed by atoms with Crippen LogP contribution >= 0.6 is 22.6 Å². The Balaban J connectivity index is 1.67. The van der Waals surface area contributed by atoms with Crippen LogP contribution in [0, 0.1) is 3.57 Å². The minimum absolute atomic E-state index is 0.132. The predicted molar refractivity (Wildman–Crippen MR) is 138 cm³/mol. The van der Waals surface area contributed by atoms with Crippen molar-refractivity contribution in [3.63, 3.8) is 0 Å². The molecule has 0 spiro atoms. The Hall–Kier alpha value is -3.13. The molecular weight excluding hydrogens is 527 g/mol. The van der Waals surface area contributed by atoms with Gasteiger partial charge in [0.15, 0.2) is 0 Å². The molecule has 0 saturated carbocycles. The van der Waals surface area contributed by atoms with Crippen LogP contribution in [0.25, 0.3) is 22.5 Å². The molecule has 4 aromatic rings. The van der Waals surface area contributed by atoms with Crippen molar-refractivity contribution < 1.29 is 9.53 Å². The summed E-state index contributed by atoms with van der Waals surface area (Å²) in [6.45, 7) is 2.64. The Kier molecular flexibility index (Phi) is 5.93. The Morgan fingerprint density at radius 3 is 2.48 bits per heavy atom. The summed E-state index contributed by atoms with van der Waals surface area (Å²) in [7, 11) is 0. The number of aromatic amines is 1. The molecule has 2 aromatic heterocycles. The van der Waals surface area contributed by atoms with Crippen molar-refractivity contribution in [2.24, 2.45) is 0 Å². The van der Waals surface area contributed by atoms with Crippen molar-refractivity contribution in [2.75, 3.05) is 6.61 Å². The van der Waals surface area contributed by atoms with Gasteiger partial charge in [-0.1, -0.05) is 42.5 Å². The number of rotatable bonds is 5. The lowest BCUT2D eigenvalue weighted by Gasteiger charge is -2.21. The number of halogens is 1. The number of H-pyrrole nitrogens is 1. The van der Waals surface area contributed by atoms with Crippen molar-refractivity contribution in [3.8, 4) is 22.5 Å². The molecule has 0 atom stereocenters. The van der Waals surface area contributed by atoms with Crippen LogP contribution in [0.5, 0.6) is 0 Å². The maximum absolute atomic E-state index is 13.1. The maximum atomic E-state index is 13.1. The fourth-order valence-corrected chi connectivity index (χ4v) is 4.84. The van der Waals surface area contributed by atoms with Gasteiger partial charge in [-0.25, -0.2) is 4.79 Å². The zero-order valence-electron chi connectivity index (χ0n) is 18.2. The lowest BCUT2D eigenvalue weighted by atomic mass is 9.92. The standard InChI is InChI=1S/C27H23IN2O3/c1-2-33-27(32)23-15-20-11-10-19-14-22(18-6-4-3-5-7-18)26(31)29-24(19)25(20)30(23)16-17-8-12-21(28)13-9-17/h3-9,12-15H,2,10-11,16H2,1H3,(H,29,31). The molecule has 2 heterocycles. The molecule has 5 nitrogen and oxygen atoms in total. The second-order valence-corrected chi connectivity index (χ2v) is 9.36. The van der Waals surface area contributed by atoms with Gasteiger partial charge in [-0.3, -0.25) is 4.79 Å². The van der Waals surface area contributed by atoms with Gasteiger partial charge in [0.25, 0.3) is 5.56 Å². The third-order valence-electron chi connectivity index (χ3n) is 6.02. The van der Waals surface area contributed by atoms with Crippen LogP contribution in [0.2, 0.25) is 0 Å². The van der Waals surface area contributed by atoms with Crippen molar-refractivity contribution >= 4 is 28.6 Å². The summed E-state index contributed by atoms with van der Waals surface area (Å²) in [5.41, 5.74) is 6.85. The number of ether oxygens (including phenoxy) is 1. The lowest BCUT2D eigenvalue weighted by molar-refractivity contribution is 0.0514. The average molecular weight is 550 g/mol. The Labute approximate surface area is 205 Å². The van der Waals surface area contributed by atoms with Crippen LogP contribution in [0.15, 0.2) is 71.5 Å². The minimum Gasteiger partial charge on any atom is -0.461 e. The van der Waals surface area contributed by atoms with E-state index in [2.05, 4.69) is 51.8 Å². The topological polar surface area (TPSA) is 64.1 Å². The minimum atomic E-state index is -0.345. The second kappa shape index (κ2) is 9.02. The fraction of sp³-hybridized carbons (Fsp3) is 0.185. The number of hydrogen-bond donors (Lipinski definition) is 1. The molecule has 0 saturated heterocycles. The van der Waals surface area contributed by atoms with E-state index in [1.165, 1.54) is 0 Å². The number of carbonyl (C=O) groups is 1. The highest BCUT2D eigenvalue weighted by molar-refractivity contribution is 14.1. The number of nitrogens with one attached hydrogen (secondary N) is 1. The molecular formula is C27H23IN2O3. The van der Waals surface area contributed by atoms with Gasteiger partial charge in [0.05, 0.1) is 18.0 Å². The number of pyridine rings is 1. The molecule has 6 heteroatoms. The van der Waals surface area contributed by atoms with Gasteiger partial charge < -0.3 is 14.3 Å². The molecule has 0 radical (unpaired) electrons. The van der Waals surface area contributed by atoms with Gasteiger partial charge in [-0.15, -0.1) is 0 Å². The van der Waals surface area contributed by atoms with Crippen molar-refractivity contribution in [3.05, 3.63) is 103 Å². The van der Waals surface area contributed by atoms with E-state index < -0.39 is 0 Å². The van der Waals surface area contributed by atoms with E-state index in [1.54, 1.807) is 0 Å². The summed E-state index contributed by atoms with van der Waals surface area (Å²) in [6.07, 6.45) is 1.60. The molecule has 0 unspecified atom stereocenters. The number of aryl methyl sites for hydroxylation is 2. The number of aromatic nitrogens is 2. The van der Waals surface area contributed by atoms with Gasteiger partial charge in [0.2, 0.25) is 0 Å². The molecule has 0 amide bonds. The highest BCUT2D eigenvalue weighted by Gasteiger charge is 2.28. The number of nitrogens with zero attached hydrogens (tertiary/aromatic N) is 1. The summed E-state index contributed by atoms with van der Waals surface area (Å²) in [5, 5.41) is 0. The molecule has 1 aliphatic rings. The first-order valence-electron chi connectivity index (χ1n) is 11.0. The third kappa shape index (κ3) is 4.15. The Bertz CT molecular complexity index is 1390. The quantitative estimate of drug-likeness (QED) is 0.266. The second-order valence-electron chi connectivity index (χ2n) is 8.11. The van der Waals surface area contributed by atoms with Gasteiger partial charge in [-0.2, -0.15) is 0 Å². The monoisotopic (exact) mass is 550 g/mol. The lowest BCUT2D eigenvalue weighted by Crippen LogP contribution is -2.19. The SMILES string of the molecule is CCOC(=O)c1cc2c(n1Cc1ccc(I)cc1)-c1[nH]c(=O)c(-c3ccccc3)cc1CC2. The molecule has 2 aromatic carbocycles.